The van der Waals surface area contributed by atoms with E-state index in [0.29, 0.717) is 11.1 Å². The maximum absolute atomic E-state index is 6.16. The first-order chi connectivity index (χ1) is 9.25. The highest BCUT2D eigenvalue weighted by atomic mass is 35.5. The van der Waals surface area contributed by atoms with Gasteiger partial charge >= 0.3 is 0 Å². The fourth-order valence-electron chi connectivity index (χ4n) is 2.72. The van der Waals surface area contributed by atoms with Gasteiger partial charge < -0.3 is 4.90 Å². The van der Waals surface area contributed by atoms with Gasteiger partial charge in [-0.1, -0.05) is 42.8 Å². The van der Waals surface area contributed by atoms with Gasteiger partial charge in [0.2, 0.25) is 0 Å². The number of anilines is 1. The lowest BCUT2D eigenvalue weighted by Gasteiger charge is -2.34. The molecule has 0 aliphatic carbocycles. The predicted molar refractivity (Wildman–Crippen MR) is 79.8 cm³/mol. The van der Waals surface area contributed by atoms with Crippen LogP contribution < -0.4 is 4.90 Å². The third-order valence-electron chi connectivity index (χ3n) is 3.84. The van der Waals surface area contributed by atoms with Gasteiger partial charge in [-0.3, -0.25) is 0 Å². The Hall–Kier alpha value is -1.54. The second-order valence-electron chi connectivity index (χ2n) is 5.12. The topological polar surface area (TPSA) is 16.1 Å². The van der Waals surface area contributed by atoms with Crippen molar-refractivity contribution < 1.29 is 0 Å². The van der Waals surface area contributed by atoms with E-state index in [1.165, 1.54) is 17.7 Å². The van der Waals surface area contributed by atoms with Gasteiger partial charge in [-0.25, -0.2) is 4.98 Å². The maximum atomic E-state index is 6.16. The van der Waals surface area contributed by atoms with Gasteiger partial charge in [-0.05, 0) is 30.0 Å². The van der Waals surface area contributed by atoms with Gasteiger partial charge in [0.15, 0.2) is 0 Å². The van der Waals surface area contributed by atoms with Gasteiger partial charge in [0.05, 0.1) is 0 Å². The number of fused-ring (bicyclic) bond motifs is 1. The van der Waals surface area contributed by atoms with Crippen molar-refractivity contribution in [2.75, 3.05) is 11.4 Å². The Morgan fingerprint density at radius 3 is 2.95 bits per heavy atom. The van der Waals surface area contributed by atoms with Gasteiger partial charge in [0.1, 0.15) is 5.15 Å². The zero-order chi connectivity index (χ0) is 13.2. The third-order valence-corrected chi connectivity index (χ3v) is 4.18. The minimum Gasteiger partial charge on any atom is -0.367 e. The smallest absolute Gasteiger partial charge is 0.133 e. The molecule has 0 saturated heterocycles. The molecule has 1 aromatic carbocycles. The molecule has 1 atom stereocenters. The summed E-state index contributed by atoms with van der Waals surface area (Å²) in [7, 11) is 0. The molecular weight excluding hydrogens is 256 g/mol. The number of nitrogens with zero attached hydrogens (tertiary/aromatic N) is 2. The van der Waals surface area contributed by atoms with Gasteiger partial charge in [-0.15, -0.1) is 0 Å². The van der Waals surface area contributed by atoms with Crippen molar-refractivity contribution in [2.45, 2.75) is 25.8 Å². The zero-order valence-electron chi connectivity index (χ0n) is 11.0. The number of hydrogen-bond donors (Lipinski definition) is 0. The summed E-state index contributed by atoms with van der Waals surface area (Å²) < 4.78 is 0. The third kappa shape index (κ3) is 2.45. The van der Waals surface area contributed by atoms with Crippen molar-refractivity contribution in [1.82, 2.24) is 4.98 Å². The quantitative estimate of drug-likeness (QED) is 0.760. The Balaban J connectivity index is 1.91. The van der Waals surface area contributed by atoms with E-state index in [0.717, 1.165) is 18.7 Å². The van der Waals surface area contributed by atoms with Crippen LogP contribution in [0.4, 0.5) is 5.69 Å². The summed E-state index contributed by atoms with van der Waals surface area (Å²) in [5.41, 5.74) is 3.86. The van der Waals surface area contributed by atoms with E-state index >= 15 is 0 Å². The maximum Gasteiger partial charge on any atom is 0.133 e. The van der Waals surface area contributed by atoms with Crippen molar-refractivity contribution in [2.24, 2.45) is 0 Å². The van der Waals surface area contributed by atoms with Crippen LogP contribution in [0.1, 0.15) is 30.4 Å². The molecule has 0 fully saturated rings. The van der Waals surface area contributed by atoms with Crippen LogP contribution in [-0.2, 0) is 6.54 Å². The van der Waals surface area contributed by atoms with Crippen LogP contribution in [-0.4, -0.2) is 11.5 Å². The first-order valence-electron chi connectivity index (χ1n) is 6.69. The van der Waals surface area contributed by atoms with E-state index in [-0.39, 0.29) is 0 Å². The number of hydrogen-bond acceptors (Lipinski definition) is 2. The molecule has 3 rings (SSSR count). The van der Waals surface area contributed by atoms with Crippen molar-refractivity contribution in [1.29, 1.82) is 0 Å². The van der Waals surface area contributed by atoms with Crippen LogP contribution in [0.25, 0.3) is 0 Å². The van der Waals surface area contributed by atoms with E-state index in [1.807, 2.05) is 6.07 Å². The average molecular weight is 273 g/mol. The van der Waals surface area contributed by atoms with Crippen LogP contribution in [0.5, 0.6) is 0 Å². The second kappa shape index (κ2) is 5.22. The number of pyridine rings is 1. The minimum absolute atomic E-state index is 0.610. The molecule has 1 unspecified atom stereocenters. The SMILES string of the molecule is CC1CCN(Cc2cccnc2Cl)c2ccccc21. The largest absolute Gasteiger partial charge is 0.367 e. The molecule has 0 amide bonds. The monoisotopic (exact) mass is 272 g/mol. The highest BCUT2D eigenvalue weighted by molar-refractivity contribution is 6.30. The molecule has 0 saturated carbocycles. The number of aromatic nitrogens is 1. The first-order valence-corrected chi connectivity index (χ1v) is 7.07. The summed E-state index contributed by atoms with van der Waals surface area (Å²) in [6.45, 7) is 4.20. The fourth-order valence-corrected chi connectivity index (χ4v) is 2.90. The van der Waals surface area contributed by atoms with E-state index in [1.54, 1.807) is 6.20 Å². The van der Waals surface area contributed by atoms with E-state index < -0.39 is 0 Å². The lowest BCUT2D eigenvalue weighted by molar-refractivity contribution is 0.609. The van der Waals surface area contributed by atoms with Gasteiger partial charge in [0, 0.05) is 30.5 Å². The standard InChI is InChI=1S/C16H17ClN2/c1-12-8-10-19(15-7-3-2-6-14(12)15)11-13-5-4-9-18-16(13)17/h2-7,9,12H,8,10-11H2,1H3. The van der Waals surface area contributed by atoms with E-state index in [9.17, 15) is 0 Å². The summed E-state index contributed by atoms with van der Waals surface area (Å²) in [6, 6.07) is 12.7. The number of para-hydroxylation sites is 1. The molecule has 1 aliphatic heterocycles. The van der Waals surface area contributed by atoms with Crippen molar-refractivity contribution in [3.8, 4) is 0 Å². The highest BCUT2D eigenvalue weighted by Crippen LogP contribution is 2.35. The molecule has 98 valence electrons. The van der Waals surface area contributed by atoms with Crippen LogP contribution >= 0.6 is 11.6 Å². The van der Waals surface area contributed by atoms with Crippen LogP contribution in [0.2, 0.25) is 5.15 Å². The first kappa shape index (κ1) is 12.5. The summed E-state index contributed by atoms with van der Waals surface area (Å²) in [6.07, 6.45) is 2.92. The Bertz CT molecular complexity index is 582. The van der Waals surface area contributed by atoms with Crippen molar-refractivity contribution >= 4 is 17.3 Å². The highest BCUT2D eigenvalue weighted by Gasteiger charge is 2.22. The zero-order valence-corrected chi connectivity index (χ0v) is 11.8. The summed E-state index contributed by atoms with van der Waals surface area (Å²) >= 11 is 6.16. The lowest BCUT2D eigenvalue weighted by atomic mass is 9.91. The molecule has 3 heteroatoms. The molecule has 0 spiro atoms. The van der Waals surface area contributed by atoms with Crippen molar-refractivity contribution in [3.63, 3.8) is 0 Å². The predicted octanol–water partition coefficient (Wildman–Crippen LogP) is 4.25. The normalized spacial score (nSPS) is 18.2. The van der Waals surface area contributed by atoms with E-state index in [2.05, 4.69) is 47.1 Å². The van der Waals surface area contributed by atoms with Crippen LogP contribution in [0.15, 0.2) is 42.6 Å². The minimum atomic E-state index is 0.610. The molecular formula is C16H17ClN2. The van der Waals surface area contributed by atoms with Crippen molar-refractivity contribution in [3.05, 3.63) is 58.9 Å². The van der Waals surface area contributed by atoms with Gasteiger partial charge in [0.25, 0.3) is 0 Å². The molecule has 0 radical (unpaired) electrons. The van der Waals surface area contributed by atoms with Gasteiger partial charge in [-0.2, -0.15) is 0 Å². The molecule has 2 nitrogen and oxygen atoms in total. The number of rotatable bonds is 2. The fraction of sp³-hybridized carbons (Fsp3) is 0.312. The Morgan fingerprint density at radius 2 is 2.11 bits per heavy atom. The Kier molecular flexibility index (Phi) is 3.43. The number of benzene rings is 1. The van der Waals surface area contributed by atoms with Crippen LogP contribution in [0.3, 0.4) is 0 Å². The second-order valence-corrected chi connectivity index (χ2v) is 5.48. The average Bonchev–Trinajstić information content (AvgIpc) is 2.44. The molecule has 2 aromatic rings. The Morgan fingerprint density at radius 1 is 1.26 bits per heavy atom. The van der Waals surface area contributed by atoms with E-state index in [4.69, 9.17) is 11.6 Å². The number of halogens is 1. The molecule has 2 heterocycles. The molecule has 19 heavy (non-hydrogen) atoms. The Labute approximate surface area is 119 Å². The molecule has 1 aliphatic rings. The van der Waals surface area contributed by atoms with Crippen LogP contribution in [0, 0.1) is 0 Å². The molecule has 0 bridgehead atoms. The lowest BCUT2D eigenvalue weighted by Crippen LogP contribution is -2.30. The molecule has 0 N–H and O–H groups in total. The summed E-state index contributed by atoms with van der Waals surface area (Å²) in [5, 5.41) is 0.610. The summed E-state index contributed by atoms with van der Waals surface area (Å²) in [4.78, 5) is 6.56. The summed E-state index contributed by atoms with van der Waals surface area (Å²) in [5.74, 6) is 0.636. The molecule has 1 aromatic heterocycles.